The summed E-state index contributed by atoms with van der Waals surface area (Å²) in [4.78, 5) is 14.9. The number of carbonyl (C=O) groups is 1. The molecule has 2 aromatic rings. The molecule has 18 heavy (non-hydrogen) atoms. The average molecular weight is 249 g/mol. The van der Waals surface area contributed by atoms with E-state index in [4.69, 9.17) is 14.3 Å². The van der Waals surface area contributed by atoms with Crippen molar-refractivity contribution in [1.82, 2.24) is 15.2 Å². The van der Waals surface area contributed by atoms with Crippen molar-refractivity contribution in [1.29, 1.82) is 0 Å². The van der Waals surface area contributed by atoms with E-state index in [1.165, 1.54) is 0 Å². The fourth-order valence-electron chi connectivity index (χ4n) is 1.35. The molecule has 0 unspecified atom stereocenters. The second kappa shape index (κ2) is 4.82. The molecular formula is C11H11N3O4. The van der Waals surface area contributed by atoms with Crippen LogP contribution in [0.25, 0.3) is 0 Å². The maximum Gasteiger partial charge on any atom is 0.358 e. The Bertz CT molecular complexity index is 579. The van der Waals surface area contributed by atoms with Crippen molar-refractivity contribution in [2.24, 2.45) is 0 Å². The van der Waals surface area contributed by atoms with E-state index < -0.39 is 5.97 Å². The van der Waals surface area contributed by atoms with Gasteiger partial charge in [-0.25, -0.2) is 9.78 Å². The topological polar surface area (TPSA) is 98.3 Å². The second-order valence-electron chi connectivity index (χ2n) is 3.61. The average Bonchev–Trinajstić information content (AvgIpc) is 2.73. The molecule has 0 aromatic carbocycles. The number of pyridine rings is 1. The summed E-state index contributed by atoms with van der Waals surface area (Å²) in [6.45, 7) is 3.37. The summed E-state index contributed by atoms with van der Waals surface area (Å²) < 4.78 is 10.4. The van der Waals surface area contributed by atoms with E-state index in [0.29, 0.717) is 11.6 Å². The molecule has 0 radical (unpaired) electrons. The molecule has 0 aliphatic heterocycles. The van der Waals surface area contributed by atoms with Crippen LogP contribution < -0.4 is 4.74 Å². The van der Waals surface area contributed by atoms with Gasteiger partial charge in [-0.15, -0.1) is 10.2 Å². The number of aromatic carboxylic acids is 1. The molecule has 1 N–H and O–H groups in total. The molecule has 94 valence electrons. The van der Waals surface area contributed by atoms with Gasteiger partial charge < -0.3 is 14.3 Å². The van der Waals surface area contributed by atoms with E-state index in [2.05, 4.69) is 15.2 Å². The standard InChI is InChI=1S/C11H11N3O4/c1-6-3-4-8(10(12-6)11(15)16)17-5-9-14-13-7(2)18-9/h3-4H,5H2,1-2H3,(H,15,16). The SMILES string of the molecule is Cc1ccc(OCc2nnc(C)o2)c(C(=O)O)n1. The van der Waals surface area contributed by atoms with Crippen molar-refractivity contribution < 1.29 is 19.1 Å². The zero-order chi connectivity index (χ0) is 13.1. The predicted octanol–water partition coefficient (Wildman–Crippen LogP) is 1.36. The van der Waals surface area contributed by atoms with E-state index in [0.717, 1.165) is 0 Å². The smallest absolute Gasteiger partial charge is 0.358 e. The number of hydrogen-bond donors (Lipinski definition) is 1. The molecule has 2 aromatic heterocycles. The lowest BCUT2D eigenvalue weighted by atomic mass is 10.3. The van der Waals surface area contributed by atoms with Crippen molar-refractivity contribution in [3.8, 4) is 5.75 Å². The zero-order valence-electron chi connectivity index (χ0n) is 9.88. The van der Waals surface area contributed by atoms with Crippen molar-refractivity contribution in [2.45, 2.75) is 20.5 Å². The van der Waals surface area contributed by atoms with Gasteiger partial charge in [-0.2, -0.15) is 0 Å². The summed E-state index contributed by atoms with van der Waals surface area (Å²) >= 11 is 0. The van der Waals surface area contributed by atoms with Gasteiger partial charge in [0, 0.05) is 12.6 Å². The fourth-order valence-corrected chi connectivity index (χ4v) is 1.35. The third-order valence-electron chi connectivity index (χ3n) is 2.12. The lowest BCUT2D eigenvalue weighted by Crippen LogP contribution is -2.07. The summed E-state index contributed by atoms with van der Waals surface area (Å²) in [7, 11) is 0. The van der Waals surface area contributed by atoms with Gasteiger partial charge in [0.15, 0.2) is 18.1 Å². The largest absolute Gasteiger partial charge is 0.481 e. The summed E-state index contributed by atoms with van der Waals surface area (Å²) in [5.74, 6) is -0.266. The van der Waals surface area contributed by atoms with Crippen LogP contribution in [0.2, 0.25) is 0 Å². The normalized spacial score (nSPS) is 10.3. The van der Waals surface area contributed by atoms with Crippen LogP contribution in [-0.4, -0.2) is 26.3 Å². The number of hydrogen-bond acceptors (Lipinski definition) is 6. The number of carboxylic acids is 1. The number of rotatable bonds is 4. The Balaban J connectivity index is 2.16. The fraction of sp³-hybridized carbons (Fsp3) is 0.273. The summed E-state index contributed by atoms with van der Waals surface area (Å²) in [5, 5.41) is 16.4. The van der Waals surface area contributed by atoms with E-state index in [-0.39, 0.29) is 23.9 Å². The molecule has 0 fully saturated rings. The van der Waals surface area contributed by atoms with Gasteiger partial charge in [0.25, 0.3) is 5.89 Å². The van der Waals surface area contributed by atoms with E-state index in [1.807, 2.05) is 0 Å². The Labute approximate surface area is 102 Å². The predicted molar refractivity (Wildman–Crippen MR) is 59.3 cm³/mol. The van der Waals surface area contributed by atoms with Gasteiger partial charge in [0.2, 0.25) is 5.89 Å². The van der Waals surface area contributed by atoms with Crippen LogP contribution in [-0.2, 0) is 6.61 Å². The Kier molecular flexibility index (Phi) is 3.22. The minimum absolute atomic E-state index is 0.00581. The van der Waals surface area contributed by atoms with Crippen LogP contribution in [0.1, 0.15) is 28.0 Å². The minimum atomic E-state index is -1.14. The highest BCUT2D eigenvalue weighted by Gasteiger charge is 2.14. The molecular weight excluding hydrogens is 238 g/mol. The van der Waals surface area contributed by atoms with E-state index in [1.54, 1.807) is 26.0 Å². The van der Waals surface area contributed by atoms with Crippen LogP contribution in [0.4, 0.5) is 0 Å². The zero-order valence-corrected chi connectivity index (χ0v) is 9.88. The lowest BCUT2D eigenvalue weighted by molar-refractivity contribution is 0.0683. The van der Waals surface area contributed by atoms with Crippen LogP contribution in [0, 0.1) is 13.8 Å². The lowest BCUT2D eigenvalue weighted by Gasteiger charge is -2.06. The minimum Gasteiger partial charge on any atom is -0.481 e. The molecule has 0 atom stereocenters. The molecule has 0 bridgehead atoms. The molecule has 2 rings (SSSR count). The van der Waals surface area contributed by atoms with Crippen molar-refractivity contribution in [3.63, 3.8) is 0 Å². The van der Waals surface area contributed by atoms with Gasteiger partial charge in [0.1, 0.15) is 0 Å². The Morgan fingerprint density at radius 2 is 2.17 bits per heavy atom. The number of nitrogens with zero attached hydrogens (tertiary/aromatic N) is 3. The first-order valence-electron chi connectivity index (χ1n) is 5.19. The number of ether oxygens (including phenoxy) is 1. The Morgan fingerprint density at radius 3 is 2.78 bits per heavy atom. The molecule has 0 amide bonds. The third-order valence-corrected chi connectivity index (χ3v) is 2.12. The molecule has 0 aliphatic carbocycles. The number of aromatic nitrogens is 3. The molecule has 0 spiro atoms. The molecule has 7 heteroatoms. The highest BCUT2D eigenvalue weighted by atomic mass is 16.5. The molecule has 2 heterocycles. The quantitative estimate of drug-likeness (QED) is 0.873. The highest BCUT2D eigenvalue weighted by Crippen LogP contribution is 2.18. The maximum atomic E-state index is 11.0. The van der Waals surface area contributed by atoms with Gasteiger partial charge in [-0.05, 0) is 19.1 Å². The van der Waals surface area contributed by atoms with Crippen LogP contribution in [0.15, 0.2) is 16.5 Å². The maximum absolute atomic E-state index is 11.0. The first-order chi connectivity index (χ1) is 8.56. The monoisotopic (exact) mass is 249 g/mol. The summed E-state index contributed by atoms with van der Waals surface area (Å²) in [6.07, 6.45) is 0. The molecule has 0 saturated carbocycles. The molecule has 0 saturated heterocycles. The van der Waals surface area contributed by atoms with Crippen molar-refractivity contribution in [3.05, 3.63) is 35.3 Å². The van der Waals surface area contributed by atoms with E-state index in [9.17, 15) is 4.79 Å². The van der Waals surface area contributed by atoms with Gasteiger partial charge in [-0.3, -0.25) is 0 Å². The van der Waals surface area contributed by atoms with Gasteiger partial charge >= 0.3 is 5.97 Å². The highest BCUT2D eigenvalue weighted by molar-refractivity contribution is 5.88. The van der Waals surface area contributed by atoms with Crippen LogP contribution in [0.3, 0.4) is 0 Å². The third kappa shape index (κ3) is 2.62. The number of carboxylic acid groups (broad SMARTS) is 1. The first kappa shape index (κ1) is 12.0. The molecule has 7 nitrogen and oxygen atoms in total. The van der Waals surface area contributed by atoms with Gasteiger partial charge in [-0.1, -0.05) is 0 Å². The second-order valence-corrected chi connectivity index (χ2v) is 3.61. The summed E-state index contributed by atoms with van der Waals surface area (Å²) in [6, 6.07) is 3.22. The summed E-state index contributed by atoms with van der Waals surface area (Å²) in [5.41, 5.74) is 0.472. The van der Waals surface area contributed by atoms with Crippen molar-refractivity contribution in [2.75, 3.05) is 0 Å². The first-order valence-corrected chi connectivity index (χ1v) is 5.19. The van der Waals surface area contributed by atoms with Crippen LogP contribution in [0.5, 0.6) is 5.75 Å². The Morgan fingerprint density at radius 1 is 1.39 bits per heavy atom. The van der Waals surface area contributed by atoms with Gasteiger partial charge in [0.05, 0.1) is 0 Å². The van der Waals surface area contributed by atoms with Crippen molar-refractivity contribution >= 4 is 5.97 Å². The van der Waals surface area contributed by atoms with Crippen LogP contribution >= 0.6 is 0 Å². The Hall–Kier alpha value is -2.44. The van der Waals surface area contributed by atoms with E-state index >= 15 is 0 Å². The number of aryl methyl sites for hydroxylation is 2. The molecule has 0 aliphatic rings.